The molecule has 0 spiro atoms. The monoisotopic (exact) mass is 342 g/mol. The van der Waals surface area contributed by atoms with Crippen LogP contribution in [0.1, 0.15) is 5.69 Å². The molecule has 1 amide bonds. The number of nitrogen functional groups attached to an aromatic ring is 1. The van der Waals surface area contributed by atoms with Crippen molar-refractivity contribution in [2.24, 2.45) is 0 Å². The number of alkyl halides is 3. The lowest BCUT2D eigenvalue weighted by molar-refractivity contribution is -0.143. The fraction of sp³-hybridized carbons (Fsp3) is 0.154. The van der Waals surface area contributed by atoms with Gasteiger partial charge in [-0.15, -0.1) is 0 Å². The number of nitrogens with one attached hydrogen (secondary N) is 1. The molecule has 0 bridgehead atoms. The van der Waals surface area contributed by atoms with Crippen molar-refractivity contribution in [3.63, 3.8) is 0 Å². The molecular formula is C13H9F3N4O4. The van der Waals surface area contributed by atoms with Gasteiger partial charge in [0.15, 0.2) is 12.3 Å². The van der Waals surface area contributed by atoms with Crippen LogP contribution in [0.2, 0.25) is 0 Å². The number of halogens is 3. The second-order valence-electron chi connectivity index (χ2n) is 4.87. The lowest BCUT2D eigenvalue weighted by Gasteiger charge is -2.19. The molecule has 3 rings (SSSR count). The Labute approximate surface area is 130 Å². The van der Waals surface area contributed by atoms with Crippen molar-refractivity contribution in [2.75, 3.05) is 17.8 Å². The Hall–Kier alpha value is -3.24. The van der Waals surface area contributed by atoms with Gasteiger partial charge in [0.05, 0.1) is 11.4 Å². The molecule has 3 N–H and O–H groups in total. The van der Waals surface area contributed by atoms with Crippen molar-refractivity contribution in [2.45, 2.75) is 6.18 Å². The van der Waals surface area contributed by atoms with E-state index in [1.54, 1.807) is 0 Å². The minimum absolute atomic E-state index is 0.0672. The Bertz CT molecular complexity index is 961. The first-order chi connectivity index (χ1) is 11.2. The number of aromatic nitrogens is 2. The van der Waals surface area contributed by atoms with E-state index < -0.39 is 29.0 Å². The van der Waals surface area contributed by atoms with Gasteiger partial charge in [-0.05, 0) is 18.2 Å². The van der Waals surface area contributed by atoms with Crippen LogP contribution in [-0.4, -0.2) is 21.8 Å². The van der Waals surface area contributed by atoms with Gasteiger partial charge in [-0.2, -0.15) is 13.2 Å². The van der Waals surface area contributed by atoms with Crippen molar-refractivity contribution in [1.29, 1.82) is 0 Å². The number of benzene rings is 1. The summed E-state index contributed by atoms with van der Waals surface area (Å²) in [6, 6.07) is 4.10. The summed E-state index contributed by atoms with van der Waals surface area (Å²) in [6.07, 6.45) is -4.95. The number of nitrogens with two attached hydrogens (primary N) is 1. The van der Waals surface area contributed by atoms with Crippen LogP contribution in [0.4, 0.5) is 18.9 Å². The molecule has 1 aromatic heterocycles. The van der Waals surface area contributed by atoms with Gasteiger partial charge >= 0.3 is 11.9 Å². The van der Waals surface area contributed by atoms with Crippen LogP contribution in [0.3, 0.4) is 0 Å². The molecule has 24 heavy (non-hydrogen) atoms. The first kappa shape index (κ1) is 15.6. The maximum absolute atomic E-state index is 12.8. The minimum Gasteiger partial charge on any atom is -0.482 e. The molecule has 0 atom stereocenters. The van der Waals surface area contributed by atoms with Gasteiger partial charge in [-0.25, -0.2) is 14.0 Å². The van der Waals surface area contributed by atoms with Gasteiger partial charge < -0.3 is 15.9 Å². The topological polar surface area (TPSA) is 108 Å². The van der Waals surface area contributed by atoms with Crippen LogP contribution in [0, 0.1) is 0 Å². The lowest BCUT2D eigenvalue weighted by Crippen LogP contribution is -2.45. The highest BCUT2D eigenvalue weighted by molar-refractivity contribution is 5.95. The molecule has 2 heterocycles. The van der Waals surface area contributed by atoms with Gasteiger partial charge in [0.2, 0.25) is 0 Å². The fourth-order valence-corrected chi connectivity index (χ4v) is 2.22. The Morgan fingerprint density at radius 2 is 1.88 bits per heavy atom. The molecule has 126 valence electrons. The SMILES string of the molecule is Nn1c(C(F)(F)F)cc(=O)n(-c2ccc3c(c2)NC(=O)CO3)c1=O. The minimum atomic E-state index is -4.95. The molecule has 0 saturated heterocycles. The van der Waals surface area contributed by atoms with E-state index in [4.69, 9.17) is 10.6 Å². The van der Waals surface area contributed by atoms with Crippen LogP contribution in [-0.2, 0) is 11.0 Å². The molecule has 1 aliphatic heterocycles. The standard InChI is InChI=1S/C13H9F3N4O4/c14-13(15,16)9-4-11(22)19(12(23)20(9)17)6-1-2-8-7(3-6)18-10(21)5-24-8/h1-4H,5,17H2,(H,18,21). The van der Waals surface area contributed by atoms with Crippen LogP contribution in [0.5, 0.6) is 5.75 Å². The van der Waals surface area contributed by atoms with Crippen molar-refractivity contribution in [1.82, 2.24) is 9.24 Å². The summed E-state index contributed by atoms with van der Waals surface area (Å²) in [6.45, 7) is -0.192. The molecule has 1 aromatic carbocycles. The zero-order valence-electron chi connectivity index (χ0n) is 11.8. The molecule has 0 aliphatic carbocycles. The van der Waals surface area contributed by atoms with E-state index >= 15 is 0 Å². The van der Waals surface area contributed by atoms with Crippen molar-refractivity contribution in [3.05, 3.63) is 50.8 Å². The molecule has 0 unspecified atom stereocenters. The summed E-state index contributed by atoms with van der Waals surface area (Å²) >= 11 is 0. The first-order valence-electron chi connectivity index (χ1n) is 6.47. The lowest BCUT2D eigenvalue weighted by atomic mass is 10.2. The highest BCUT2D eigenvalue weighted by Gasteiger charge is 2.35. The normalized spacial score (nSPS) is 13.9. The molecule has 2 aromatic rings. The third-order valence-corrected chi connectivity index (χ3v) is 3.28. The Kier molecular flexibility index (Phi) is 3.36. The third-order valence-electron chi connectivity index (χ3n) is 3.28. The number of hydrogen-bond acceptors (Lipinski definition) is 5. The number of amides is 1. The second-order valence-corrected chi connectivity index (χ2v) is 4.87. The van der Waals surface area contributed by atoms with Crippen LogP contribution in [0.25, 0.3) is 5.69 Å². The predicted octanol–water partition coefficient (Wildman–Crippen LogP) is 0.0627. The number of hydrogen-bond donors (Lipinski definition) is 2. The molecular weight excluding hydrogens is 333 g/mol. The highest BCUT2D eigenvalue weighted by atomic mass is 19.4. The van der Waals surface area contributed by atoms with Crippen LogP contribution >= 0.6 is 0 Å². The molecule has 11 heteroatoms. The smallest absolute Gasteiger partial charge is 0.433 e. The van der Waals surface area contributed by atoms with E-state index in [1.165, 1.54) is 18.2 Å². The van der Waals surface area contributed by atoms with Gasteiger partial charge in [0, 0.05) is 6.07 Å². The molecule has 1 aliphatic rings. The summed E-state index contributed by atoms with van der Waals surface area (Å²) in [4.78, 5) is 35.3. The number of ether oxygens (including phenoxy) is 1. The maximum Gasteiger partial charge on any atom is 0.433 e. The van der Waals surface area contributed by atoms with E-state index in [-0.39, 0.29) is 28.7 Å². The number of nitrogens with zero attached hydrogens (tertiary/aromatic N) is 2. The molecule has 8 nitrogen and oxygen atoms in total. The van der Waals surface area contributed by atoms with E-state index in [0.29, 0.717) is 10.3 Å². The van der Waals surface area contributed by atoms with Gasteiger partial charge in [0.25, 0.3) is 11.5 Å². The average molecular weight is 342 g/mol. The molecule has 0 radical (unpaired) electrons. The number of carbonyl (C=O) groups excluding carboxylic acids is 1. The van der Waals surface area contributed by atoms with Crippen LogP contribution in [0.15, 0.2) is 33.9 Å². The van der Waals surface area contributed by atoms with Gasteiger partial charge in [-0.3, -0.25) is 9.59 Å². The Morgan fingerprint density at radius 3 is 2.54 bits per heavy atom. The van der Waals surface area contributed by atoms with Gasteiger partial charge in [-0.1, -0.05) is 0 Å². The van der Waals surface area contributed by atoms with Gasteiger partial charge in [0.1, 0.15) is 5.75 Å². The number of fused-ring (bicyclic) bond motifs is 1. The van der Waals surface area contributed by atoms with E-state index in [2.05, 4.69) is 5.32 Å². The van der Waals surface area contributed by atoms with Crippen LogP contribution < -0.4 is 27.1 Å². The summed E-state index contributed by atoms with van der Waals surface area (Å²) < 4.78 is 43.7. The average Bonchev–Trinajstić information content (AvgIpc) is 2.49. The molecule has 0 fully saturated rings. The van der Waals surface area contributed by atoms with Crippen molar-refractivity contribution < 1.29 is 22.7 Å². The third kappa shape index (κ3) is 2.49. The summed E-state index contributed by atoms with van der Waals surface area (Å²) in [5.41, 5.74) is -4.04. The second kappa shape index (κ2) is 5.15. The quantitative estimate of drug-likeness (QED) is 0.713. The Morgan fingerprint density at radius 1 is 1.17 bits per heavy atom. The predicted molar refractivity (Wildman–Crippen MR) is 75.6 cm³/mol. The Balaban J connectivity index is 2.20. The summed E-state index contributed by atoms with van der Waals surface area (Å²) in [5, 5.41) is 2.46. The fourth-order valence-electron chi connectivity index (χ4n) is 2.22. The zero-order chi connectivity index (χ0) is 17.6. The van der Waals surface area contributed by atoms with E-state index in [1.807, 2.05) is 0 Å². The van der Waals surface area contributed by atoms with Crippen molar-refractivity contribution in [3.8, 4) is 11.4 Å². The number of anilines is 1. The first-order valence-corrected chi connectivity index (χ1v) is 6.47. The van der Waals surface area contributed by atoms with E-state index in [0.717, 1.165) is 0 Å². The maximum atomic E-state index is 12.8. The molecule has 0 saturated carbocycles. The number of carbonyl (C=O) groups is 1. The zero-order valence-corrected chi connectivity index (χ0v) is 11.8. The largest absolute Gasteiger partial charge is 0.482 e. The van der Waals surface area contributed by atoms with E-state index in [9.17, 15) is 27.6 Å². The summed E-state index contributed by atoms with van der Waals surface area (Å²) in [7, 11) is 0. The number of rotatable bonds is 1. The highest BCUT2D eigenvalue weighted by Crippen LogP contribution is 2.29. The summed E-state index contributed by atoms with van der Waals surface area (Å²) in [5.74, 6) is 5.01. The van der Waals surface area contributed by atoms with Crippen molar-refractivity contribution >= 4 is 11.6 Å².